The maximum atomic E-state index is 14.0. The molecule has 1 saturated heterocycles. The van der Waals surface area contributed by atoms with E-state index in [0.717, 1.165) is 25.7 Å². The lowest BCUT2D eigenvalue weighted by Gasteiger charge is -2.41. The second-order valence-electron chi connectivity index (χ2n) is 7.92. The maximum Gasteiger partial charge on any atom is 0.248 e. The molecule has 2 aliphatic rings. The van der Waals surface area contributed by atoms with Crippen LogP contribution in [0.25, 0.3) is 0 Å². The van der Waals surface area contributed by atoms with Crippen molar-refractivity contribution in [3.8, 4) is 0 Å². The minimum absolute atomic E-state index is 0.0569. The minimum atomic E-state index is -0.415. The molecule has 1 aliphatic heterocycles. The summed E-state index contributed by atoms with van der Waals surface area (Å²) in [5.74, 6) is -1.13. The second-order valence-corrected chi connectivity index (χ2v) is 7.92. The summed E-state index contributed by atoms with van der Waals surface area (Å²) in [4.78, 5) is 41.7. The molecule has 7 nitrogen and oxygen atoms in total. The Morgan fingerprint density at radius 1 is 1.13 bits per heavy atom. The molecule has 0 bridgehead atoms. The molecular formula is C22H30FN3O4. The molecule has 0 spiro atoms. The first-order valence-electron chi connectivity index (χ1n) is 10.6. The first-order chi connectivity index (χ1) is 14.5. The van der Waals surface area contributed by atoms with Gasteiger partial charge in [-0.25, -0.2) is 4.39 Å². The summed E-state index contributed by atoms with van der Waals surface area (Å²) in [6, 6.07) is 6.02. The van der Waals surface area contributed by atoms with Crippen LogP contribution in [0.15, 0.2) is 24.3 Å². The standard InChI is InChI=1S/C22H30FN3O4/c1-30-15-21(28)26-13-12-25(20(27)14-16-6-2-4-8-18(16)23)11-10-24-22(29)17-7-3-5-9-19(17)26/h2,4,6,8,17,19H,3,5,7,9-15H2,1H3,(H,24,29)/t17-,19+/m0/s1. The lowest BCUT2D eigenvalue weighted by atomic mass is 9.82. The number of ether oxygens (including phenoxy) is 1. The van der Waals surface area contributed by atoms with Crippen LogP contribution in [0.5, 0.6) is 0 Å². The van der Waals surface area contributed by atoms with Crippen LogP contribution in [0.1, 0.15) is 31.2 Å². The predicted molar refractivity (Wildman–Crippen MR) is 109 cm³/mol. The molecule has 1 aromatic rings. The number of hydrogen-bond acceptors (Lipinski definition) is 4. The predicted octanol–water partition coefficient (Wildman–Crippen LogP) is 1.36. The normalized spacial score (nSPS) is 22.8. The van der Waals surface area contributed by atoms with Gasteiger partial charge >= 0.3 is 0 Å². The van der Waals surface area contributed by atoms with E-state index in [1.54, 1.807) is 28.0 Å². The fourth-order valence-electron chi connectivity index (χ4n) is 4.42. The second kappa shape index (κ2) is 10.5. The van der Waals surface area contributed by atoms with Crippen LogP contribution in [0.4, 0.5) is 4.39 Å². The third-order valence-electron chi connectivity index (χ3n) is 6.00. The molecule has 1 saturated carbocycles. The molecule has 30 heavy (non-hydrogen) atoms. The van der Waals surface area contributed by atoms with Gasteiger partial charge in [0.05, 0.1) is 12.3 Å². The molecule has 8 heteroatoms. The quantitative estimate of drug-likeness (QED) is 0.799. The summed E-state index contributed by atoms with van der Waals surface area (Å²) in [5.41, 5.74) is 0.336. The van der Waals surface area contributed by atoms with Gasteiger partial charge < -0.3 is 19.9 Å². The number of amides is 3. The third kappa shape index (κ3) is 5.36. The first kappa shape index (κ1) is 22.2. The molecule has 0 radical (unpaired) electrons. The molecule has 164 valence electrons. The van der Waals surface area contributed by atoms with E-state index in [2.05, 4.69) is 5.32 Å². The molecule has 3 rings (SSSR count). The van der Waals surface area contributed by atoms with Crippen LogP contribution in [0.2, 0.25) is 0 Å². The topological polar surface area (TPSA) is 79.0 Å². The minimum Gasteiger partial charge on any atom is -0.375 e. The van der Waals surface area contributed by atoms with E-state index in [-0.39, 0.29) is 42.7 Å². The van der Waals surface area contributed by atoms with E-state index in [4.69, 9.17) is 4.74 Å². The summed E-state index contributed by atoms with van der Waals surface area (Å²) in [5, 5.41) is 2.93. The van der Waals surface area contributed by atoms with E-state index in [1.807, 2.05) is 0 Å². The molecule has 0 aromatic heterocycles. The Balaban J connectivity index is 1.77. The van der Waals surface area contributed by atoms with Crippen molar-refractivity contribution >= 4 is 17.7 Å². The van der Waals surface area contributed by atoms with Gasteiger partial charge in [0, 0.05) is 39.3 Å². The molecular weight excluding hydrogens is 389 g/mol. The van der Waals surface area contributed by atoms with Gasteiger partial charge in [-0.2, -0.15) is 0 Å². The zero-order valence-corrected chi connectivity index (χ0v) is 17.4. The van der Waals surface area contributed by atoms with Gasteiger partial charge in [-0.05, 0) is 24.5 Å². The SMILES string of the molecule is COCC(=O)N1CCN(C(=O)Cc2ccccc2F)CCNC(=O)[C@H]2CCCC[C@H]21. The summed E-state index contributed by atoms with van der Waals surface area (Å²) in [7, 11) is 1.47. The highest BCUT2D eigenvalue weighted by atomic mass is 19.1. The summed E-state index contributed by atoms with van der Waals surface area (Å²) in [6.45, 7) is 1.27. The summed E-state index contributed by atoms with van der Waals surface area (Å²) >= 11 is 0. The Labute approximate surface area is 176 Å². The monoisotopic (exact) mass is 419 g/mol. The summed E-state index contributed by atoms with van der Waals surface area (Å²) < 4.78 is 19.0. The van der Waals surface area contributed by atoms with Crippen LogP contribution in [0.3, 0.4) is 0 Å². The zero-order chi connectivity index (χ0) is 21.5. The van der Waals surface area contributed by atoms with Crippen LogP contribution in [-0.4, -0.2) is 73.5 Å². The molecule has 2 atom stereocenters. The Hall–Kier alpha value is -2.48. The van der Waals surface area contributed by atoms with Gasteiger partial charge in [0.2, 0.25) is 17.7 Å². The number of halogens is 1. The Morgan fingerprint density at radius 3 is 2.67 bits per heavy atom. The van der Waals surface area contributed by atoms with Gasteiger partial charge in [0.1, 0.15) is 12.4 Å². The van der Waals surface area contributed by atoms with Crippen molar-refractivity contribution in [2.75, 3.05) is 39.9 Å². The van der Waals surface area contributed by atoms with E-state index < -0.39 is 5.82 Å². The van der Waals surface area contributed by atoms with Crippen molar-refractivity contribution in [2.45, 2.75) is 38.1 Å². The average molecular weight is 419 g/mol. The van der Waals surface area contributed by atoms with Gasteiger partial charge in [0.25, 0.3) is 0 Å². The molecule has 1 N–H and O–H groups in total. The Morgan fingerprint density at radius 2 is 1.90 bits per heavy atom. The molecule has 0 unspecified atom stereocenters. The van der Waals surface area contributed by atoms with Gasteiger partial charge in [-0.3, -0.25) is 14.4 Å². The first-order valence-corrected chi connectivity index (χ1v) is 10.6. The lowest BCUT2D eigenvalue weighted by Crippen LogP contribution is -2.56. The molecule has 3 amide bonds. The highest BCUT2D eigenvalue weighted by molar-refractivity contribution is 5.83. The highest BCUT2D eigenvalue weighted by Gasteiger charge is 2.37. The maximum absolute atomic E-state index is 14.0. The number of hydrogen-bond donors (Lipinski definition) is 1. The number of benzene rings is 1. The number of nitrogens with zero attached hydrogens (tertiary/aromatic N) is 2. The molecule has 2 fully saturated rings. The molecule has 1 aromatic carbocycles. The highest BCUT2D eigenvalue weighted by Crippen LogP contribution is 2.29. The van der Waals surface area contributed by atoms with E-state index in [9.17, 15) is 18.8 Å². The van der Waals surface area contributed by atoms with Crippen LogP contribution >= 0.6 is 0 Å². The van der Waals surface area contributed by atoms with Crippen LogP contribution in [0, 0.1) is 11.7 Å². The number of methoxy groups -OCH3 is 1. The summed E-state index contributed by atoms with van der Waals surface area (Å²) in [6.07, 6.45) is 3.38. The lowest BCUT2D eigenvalue weighted by molar-refractivity contribution is -0.144. The number of carbonyl (C=O) groups excluding carboxylic acids is 3. The van der Waals surface area contributed by atoms with Crippen molar-refractivity contribution in [3.05, 3.63) is 35.6 Å². The number of carbonyl (C=O) groups is 3. The van der Waals surface area contributed by atoms with E-state index >= 15 is 0 Å². The average Bonchev–Trinajstić information content (AvgIpc) is 2.74. The number of rotatable bonds is 4. The van der Waals surface area contributed by atoms with Crippen LogP contribution in [-0.2, 0) is 25.5 Å². The van der Waals surface area contributed by atoms with Crippen LogP contribution < -0.4 is 5.32 Å². The van der Waals surface area contributed by atoms with Gasteiger partial charge in [-0.15, -0.1) is 0 Å². The van der Waals surface area contributed by atoms with Crippen molar-refractivity contribution in [3.63, 3.8) is 0 Å². The fraction of sp³-hybridized carbons (Fsp3) is 0.591. The van der Waals surface area contributed by atoms with E-state index in [0.29, 0.717) is 31.7 Å². The number of nitrogens with one attached hydrogen (secondary N) is 1. The van der Waals surface area contributed by atoms with Gasteiger partial charge in [-0.1, -0.05) is 31.0 Å². The largest absolute Gasteiger partial charge is 0.375 e. The van der Waals surface area contributed by atoms with Crippen molar-refractivity contribution in [1.29, 1.82) is 0 Å². The smallest absolute Gasteiger partial charge is 0.248 e. The number of fused-ring (bicyclic) bond motifs is 1. The third-order valence-corrected chi connectivity index (χ3v) is 6.00. The van der Waals surface area contributed by atoms with Crippen molar-refractivity contribution in [2.24, 2.45) is 5.92 Å². The van der Waals surface area contributed by atoms with E-state index in [1.165, 1.54) is 13.2 Å². The Bertz CT molecular complexity index is 773. The molecule has 1 heterocycles. The molecule has 1 aliphatic carbocycles. The van der Waals surface area contributed by atoms with Crippen molar-refractivity contribution < 1.29 is 23.5 Å². The zero-order valence-electron chi connectivity index (χ0n) is 17.4. The van der Waals surface area contributed by atoms with Crippen molar-refractivity contribution in [1.82, 2.24) is 15.1 Å². The van der Waals surface area contributed by atoms with Gasteiger partial charge in [0.15, 0.2) is 0 Å². The Kier molecular flexibility index (Phi) is 7.79. The fourth-order valence-corrected chi connectivity index (χ4v) is 4.42.